The number of rotatable bonds is 6. The third-order valence-electron chi connectivity index (χ3n) is 3.73. The summed E-state index contributed by atoms with van der Waals surface area (Å²) in [7, 11) is 1.25. The summed E-state index contributed by atoms with van der Waals surface area (Å²) in [6, 6.07) is 17.3. The summed E-state index contributed by atoms with van der Waals surface area (Å²) in [5, 5.41) is 0. The molecule has 2 aromatic carbocycles. The maximum absolute atomic E-state index is 12.8. The van der Waals surface area contributed by atoms with Gasteiger partial charge >= 0.3 is 5.97 Å². The van der Waals surface area contributed by atoms with Crippen LogP contribution in [0.2, 0.25) is 0 Å². The maximum atomic E-state index is 12.8. The van der Waals surface area contributed by atoms with Crippen molar-refractivity contribution in [2.45, 2.75) is 12.8 Å². The lowest BCUT2D eigenvalue weighted by atomic mass is 9.79. The van der Waals surface area contributed by atoms with Gasteiger partial charge in [0.15, 0.2) is 5.78 Å². The number of Topliss-reactive ketones (excluding diaryl/α,β-unsaturated/α-hetero) is 2. The van der Waals surface area contributed by atoms with Crippen LogP contribution in [0.5, 0.6) is 0 Å². The molecular formula is C19H18O4. The minimum atomic E-state index is -1.10. The van der Waals surface area contributed by atoms with E-state index < -0.39 is 17.8 Å². The number of methoxy groups -OCH3 is 1. The monoisotopic (exact) mass is 310 g/mol. The lowest BCUT2D eigenvalue weighted by Gasteiger charge is -2.22. The minimum Gasteiger partial charge on any atom is -0.469 e. The standard InChI is InChI=1S/C19H18O4/c1-13(20)16(18(21)15-11-7-4-8-12-15)17(19(22)23-2)14-9-5-3-6-10-14/h3-12,16-17H,1-2H3. The Labute approximate surface area is 135 Å². The van der Waals surface area contributed by atoms with Crippen molar-refractivity contribution >= 4 is 17.5 Å². The second kappa shape index (κ2) is 7.49. The van der Waals surface area contributed by atoms with E-state index in [4.69, 9.17) is 4.74 Å². The molecule has 2 aromatic rings. The van der Waals surface area contributed by atoms with E-state index in [9.17, 15) is 14.4 Å². The Morgan fingerprint density at radius 1 is 0.870 bits per heavy atom. The first-order valence-corrected chi connectivity index (χ1v) is 7.28. The van der Waals surface area contributed by atoms with E-state index in [1.807, 2.05) is 0 Å². The van der Waals surface area contributed by atoms with E-state index in [2.05, 4.69) is 0 Å². The van der Waals surface area contributed by atoms with E-state index in [0.717, 1.165) is 0 Å². The molecule has 0 aliphatic rings. The molecule has 0 fully saturated rings. The van der Waals surface area contributed by atoms with Crippen molar-refractivity contribution in [1.29, 1.82) is 0 Å². The molecule has 0 heterocycles. The van der Waals surface area contributed by atoms with Gasteiger partial charge in [0.1, 0.15) is 5.78 Å². The third-order valence-corrected chi connectivity index (χ3v) is 3.73. The zero-order chi connectivity index (χ0) is 16.8. The van der Waals surface area contributed by atoms with Gasteiger partial charge in [0.25, 0.3) is 0 Å². The molecule has 118 valence electrons. The number of carbonyl (C=O) groups is 3. The summed E-state index contributed by atoms with van der Waals surface area (Å²) >= 11 is 0. The van der Waals surface area contributed by atoms with Gasteiger partial charge in [-0.15, -0.1) is 0 Å². The van der Waals surface area contributed by atoms with Crippen LogP contribution in [-0.2, 0) is 14.3 Å². The van der Waals surface area contributed by atoms with Gasteiger partial charge in [0.05, 0.1) is 18.9 Å². The second-order valence-corrected chi connectivity index (χ2v) is 5.23. The molecule has 0 aliphatic carbocycles. The first-order valence-electron chi connectivity index (χ1n) is 7.28. The average Bonchev–Trinajstić information content (AvgIpc) is 2.59. The van der Waals surface area contributed by atoms with Gasteiger partial charge in [-0.2, -0.15) is 0 Å². The van der Waals surface area contributed by atoms with Crippen molar-refractivity contribution in [2.75, 3.05) is 7.11 Å². The molecule has 0 saturated heterocycles. The average molecular weight is 310 g/mol. The van der Waals surface area contributed by atoms with Crippen molar-refractivity contribution in [3.8, 4) is 0 Å². The van der Waals surface area contributed by atoms with Crippen LogP contribution < -0.4 is 0 Å². The van der Waals surface area contributed by atoms with E-state index >= 15 is 0 Å². The molecule has 0 aliphatic heterocycles. The number of esters is 1. The fraction of sp³-hybridized carbons (Fsp3) is 0.211. The lowest BCUT2D eigenvalue weighted by Crippen LogP contribution is -2.34. The van der Waals surface area contributed by atoms with Crippen LogP contribution in [0.1, 0.15) is 28.8 Å². The van der Waals surface area contributed by atoms with Crippen molar-refractivity contribution in [2.24, 2.45) is 5.92 Å². The van der Waals surface area contributed by atoms with E-state index in [0.29, 0.717) is 11.1 Å². The Kier molecular flexibility index (Phi) is 5.41. The van der Waals surface area contributed by atoms with Crippen LogP contribution in [0.15, 0.2) is 60.7 Å². The normalized spacial score (nSPS) is 13.0. The molecule has 0 N–H and O–H groups in total. The second-order valence-electron chi connectivity index (χ2n) is 5.23. The molecule has 0 spiro atoms. The van der Waals surface area contributed by atoms with Gasteiger partial charge < -0.3 is 4.74 Å². The van der Waals surface area contributed by atoms with E-state index in [1.165, 1.54) is 14.0 Å². The quantitative estimate of drug-likeness (QED) is 0.467. The smallest absolute Gasteiger partial charge is 0.314 e. The number of hydrogen-bond acceptors (Lipinski definition) is 4. The zero-order valence-electron chi connectivity index (χ0n) is 13.1. The zero-order valence-corrected chi connectivity index (χ0v) is 13.1. The number of carbonyl (C=O) groups excluding carboxylic acids is 3. The molecule has 0 aromatic heterocycles. The lowest BCUT2D eigenvalue weighted by molar-refractivity contribution is -0.145. The Balaban J connectivity index is 2.49. The number of ketones is 2. The maximum Gasteiger partial charge on any atom is 0.314 e. The highest BCUT2D eigenvalue weighted by Gasteiger charge is 2.39. The Hall–Kier alpha value is -2.75. The highest BCUT2D eigenvalue weighted by molar-refractivity contribution is 6.13. The van der Waals surface area contributed by atoms with Gasteiger partial charge in [0.2, 0.25) is 0 Å². The molecule has 0 radical (unpaired) electrons. The van der Waals surface area contributed by atoms with E-state index in [1.54, 1.807) is 60.7 Å². The van der Waals surface area contributed by atoms with Gasteiger partial charge in [-0.1, -0.05) is 60.7 Å². The van der Waals surface area contributed by atoms with Crippen LogP contribution in [0.4, 0.5) is 0 Å². The minimum absolute atomic E-state index is 0.363. The predicted molar refractivity (Wildman–Crippen MR) is 86.1 cm³/mol. The van der Waals surface area contributed by atoms with Crippen molar-refractivity contribution in [3.05, 3.63) is 71.8 Å². The Morgan fingerprint density at radius 2 is 1.39 bits per heavy atom. The summed E-state index contributed by atoms with van der Waals surface area (Å²) in [6.45, 7) is 1.32. The SMILES string of the molecule is COC(=O)C(c1ccccc1)C(C(C)=O)C(=O)c1ccccc1. The Bertz CT molecular complexity index is 692. The first-order chi connectivity index (χ1) is 11.1. The summed E-state index contributed by atoms with van der Waals surface area (Å²) in [5.41, 5.74) is 0.987. The summed E-state index contributed by atoms with van der Waals surface area (Å²) in [4.78, 5) is 37.2. The van der Waals surface area contributed by atoms with Gasteiger partial charge in [0, 0.05) is 5.56 Å². The largest absolute Gasteiger partial charge is 0.469 e. The third kappa shape index (κ3) is 3.72. The highest BCUT2D eigenvalue weighted by Crippen LogP contribution is 2.30. The molecular weight excluding hydrogens is 292 g/mol. The van der Waals surface area contributed by atoms with Crippen LogP contribution in [-0.4, -0.2) is 24.6 Å². The molecule has 2 atom stereocenters. The Morgan fingerprint density at radius 3 is 1.87 bits per heavy atom. The van der Waals surface area contributed by atoms with Crippen LogP contribution in [0.25, 0.3) is 0 Å². The molecule has 4 heteroatoms. The fourth-order valence-electron chi connectivity index (χ4n) is 2.60. The molecule has 4 nitrogen and oxygen atoms in total. The van der Waals surface area contributed by atoms with Gasteiger partial charge in [-0.05, 0) is 12.5 Å². The molecule has 2 rings (SSSR count). The van der Waals surface area contributed by atoms with E-state index in [-0.39, 0.29) is 11.6 Å². The highest BCUT2D eigenvalue weighted by atomic mass is 16.5. The van der Waals surface area contributed by atoms with Crippen LogP contribution in [0, 0.1) is 5.92 Å². The van der Waals surface area contributed by atoms with Crippen LogP contribution in [0.3, 0.4) is 0 Å². The number of ether oxygens (including phenoxy) is 1. The molecule has 23 heavy (non-hydrogen) atoms. The van der Waals surface area contributed by atoms with Crippen LogP contribution >= 0.6 is 0 Å². The number of benzene rings is 2. The van der Waals surface area contributed by atoms with Crippen molar-refractivity contribution < 1.29 is 19.1 Å². The summed E-state index contributed by atoms with van der Waals surface area (Å²) in [5.74, 6) is -3.39. The van der Waals surface area contributed by atoms with Gasteiger partial charge in [-0.25, -0.2) is 0 Å². The molecule has 0 saturated carbocycles. The predicted octanol–water partition coefficient (Wildman–Crippen LogP) is 3.03. The van der Waals surface area contributed by atoms with Gasteiger partial charge in [-0.3, -0.25) is 14.4 Å². The topological polar surface area (TPSA) is 60.4 Å². The number of hydrogen-bond donors (Lipinski definition) is 0. The molecule has 0 amide bonds. The first kappa shape index (κ1) is 16.6. The molecule has 0 bridgehead atoms. The fourth-order valence-corrected chi connectivity index (χ4v) is 2.60. The van der Waals surface area contributed by atoms with Crippen molar-refractivity contribution in [3.63, 3.8) is 0 Å². The summed E-state index contributed by atoms with van der Waals surface area (Å²) in [6.07, 6.45) is 0. The molecule has 2 unspecified atom stereocenters. The summed E-state index contributed by atoms with van der Waals surface area (Å²) < 4.78 is 4.84. The van der Waals surface area contributed by atoms with Crippen molar-refractivity contribution in [1.82, 2.24) is 0 Å².